The molecule has 84 valence electrons. The monoisotopic (exact) mass is 222 g/mol. The summed E-state index contributed by atoms with van der Waals surface area (Å²) in [6.07, 6.45) is 0. The second-order valence-corrected chi connectivity index (χ2v) is 2.98. The highest BCUT2D eigenvalue weighted by atomic mass is 16.5. The van der Waals surface area contributed by atoms with Gasteiger partial charge in [0.25, 0.3) is 0 Å². The summed E-state index contributed by atoms with van der Waals surface area (Å²) < 4.78 is 9.44. The van der Waals surface area contributed by atoms with E-state index in [1.54, 1.807) is 0 Å². The normalized spacial score (nSPS) is 9.38. The first kappa shape index (κ1) is 11.9. The average Bonchev–Trinajstić information content (AvgIpc) is 2.31. The van der Waals surface area contributed by atoms with Crippen molar-refractivity contribution < 1.29 is 19.1 Å². The summed E-state index contributed by atoms with van der Waals surface area (Å²) in [4.78, 5) is 32.7. The van der Waals surface area contributed by atoms with Gasteiger partial charge in [-0.1, -0.05) is 0 Å². The first-order valence-electron chi connectivity index (χ1n) is 4.50. The van der Waals surface area contributed by atoms with E-state index in [0.29, 0.717) is 0 Å². The zero-order chi connectivity index (χ0) is 12.1. The molecule has 0 aliphatic carbocycles. The molecule has 0 atom stereocenters. The molecule has 0 spiro atoms. The van der Waals surface area contributed by atoms with Crippen molar-refractivity contribution in [3.63, 3.8) is 0 Å². The third-order valence-electron chi connectivity index (χ3n) is 1.56. The van der Waals surface area contributed by atoms with Gasteiger partial charge in [-0.3, -0.25) is 14.4 Å². The summed E-state index contributed by atoms with van der Waals surface area (Å²) in [6.45, 7) is 2.44. The van der Waals surface area contributed by atoms with E-state index in [-0.39, 0.29) is 11.5 Å². The van der Waals surface area contributed by atoms with Crippen molar-refractivity contribution in [2.75, 3.05) is 0 Å². The molecular weight excluding hydrogens is 212 g/mol. The van der Waals surface area contributed by atoms with Crippen LogP contribution in [-0.2, 0) is 9.59 Å². The standard InChI is InChI=1S/C11H10O5/c1-7(12)15-9-3-5-10(14)11(6-4-9)16-8(2)13/h3-6H,1-2H3. The summed E-state index contributed by atoms with van der Waals surface area (Å²) in [6, 6.07) is 5.15. The molecule has 0 aromatic heterocycles. The molecule has 5 nitrogen and oxygen atoms in total. The molecule has 0 aliphatic heterocycles. The molecule has 0 radical (unpaired) electrons. The fraction of sp³-hybridized carbons (Fsp3) is 0.182. The van der Waals surface area contributed by atoms with Crippen molar-refractivity contribution in [3.8, 4) is 11.5 Å². The Morgan fingerprint density at radius 2 is 1.50 bits per heavy atom. The Balaban J connectivity index is 3.07. The van der Waals surface area contributed by atoms with Gasteiger partial charge >= 0.3 is 11.9 Å². The molecule has 16 heavy (non-hydrogen) atoms. The minimum Gasteiger partial charge on any atom is -0.427 e. The van der Waals surface area contributed by atoms with Crippen molar-refractivity contribution in [2.45, 2.75) is 13.8 Å². The van der Waals surface area contributed by atoms with Crippen LogP contribution in [0.25, 0.3) is 0 Å². The van der Waals surface area contributed by atoms with Crippen LogP contribution in [0.3, 0.4) is 0 Å². The summed E-state index contributed by atoms with van der Waals surface area (Å²) in [5.74, 6) is -0.973. The van der Waals surface area contributed by atoms with E-state index in [1.165, 1.54) is 32.0 Å². The lowest BCUT2D eigenvalue weighted by Gasteiger charge is -1.96. The van der Waals surface area contributed by atoms with Gasteiger partial charge in [0.1, 0.15) is 5.75 Å². The van der Waals surface area contributed by atoms with Gasteiger partial charge in [0.05, 0.1) is 0 Å². The van der Waals surface area contributed by atoms with Crippen LogP contribution in [0.5, 0.6) is 11.5 Å². The molecule has 0 bridgehead atoms. The molecule has 0 heterocycles. The first-order chi connectivity index (χ1) is 7.49. The molecule has 0 saturated heterocycles. The van der Waals surface area contributed by atoms with Gasteiger partial charge in [0.2, 0.25) is 5.43 Å². The molecule has 5 heteroatoms. The topological polar surface area (TPSA) is 69.7 Å². The molecule has 0 N–H and O–H groups in total. The van der Waals surface area contributed by atoms with Crippen LogP contribution in [0.2, 0.25) is 0 Å². The molecule has 0 aliphatic rings. The number of rotatable bonds is 2. The van der Waals surface area contributed by atoms with Crippen LogP contribution in [-0.4, -0.2) is 11.9 Å². The van der Waals surface area contributed by atoms with Crippen molar-refractivity contribution in [3.05, 3.63) is 34.5 Å². The summed E-state index contributed by atoms with van der Waals surface area (Å²) in [5, 5.41) is 0. The van der Waals surface area contributed by atoms with Crippen LogP contribution in [0, 0.1) is 0 Å². The number of hydrogen-bond donors (Lipinski definition) is 0. The molecule has 1 aromatic rings. The highest BCUT2D eigenvalue weighted by Crippen LogP contribution is 2.11. The maximum atomic E-state index is 11.4. The molecular formula is C11H10O5. The second kappa shape index (κ2) is 5.06. The minimum atomic E-state index is -0.586. The fourth-order valence-electron chi connectivity index (χ4n) is 1.01. The van der Waals surface area contributed by atoms with Crippen molar-refractivity contribution in [2.24, 2.45) is 0 Å². The molecule has 1 aromatic carbocycles. The number of ether oxygens (including phenoxy) is 2. The average molecular weight is 222 g/mol. The minimum absolute atomic E-state index is 0.106. The van der Waals surface area contributed by atoms with E-state index in [2.05, 4.69) is 4.74 Å². The van der Waals surface area contributed by atoms with Gasteiger partial charge in [0, 0.05) is 13.8 Å². The van der Waals surface area contributed by atoms with Crippen LogP contribution < -0.4 is 14.9 Å². The summed E-state index contributed by atoms with van der Waals surface area (Å²) in [7, 11) is 0. The Kier molecular flexibility index (Phi) is 3.77. The Bertz CT molecular complexity index is 478. The molecule has 1 rings (SSSR count). The van der Waals surface area contributed by atoms with E-state index in [1.807, 2.05) is 0 Å². The van der Waals surface area contributed by atoms with Gasteiger partial charge in [-0.15, -0.1) is 0 Å². The van der Waals surface area contributed by atoms with Gasteiger partial charge < -0.3 is 9.47 Å². The lowest BCUT2D eigenvalue weighted by molar-refractivity contribution is -0.132. The van der Waals surface area contributed by atoms with Crippen LogP contribution in [0.1, 0.15) is 13.8 Å². The van der Waals surface area contributed by atoms with Crippen LogP contribution >= 0.6 is 0 Å². The zero-order valence-electron chi connectivity index (χ0n) is 8.85. The largest absolute Gasteiger partial charge is 0.427 e. The lowest BCUT2D eigenvalue weighted by Crippen LogP contribution is -2.08. The molecule has 0 unspecified atom stereocenters. The van der Waals surface area contributed by atoms with E-state index < -0.39 is 17.4 Å². The van der Waals surface area contributed by atoms with E-state index in [0.717, 1.165) is 6.07 Å². The number of carbonyl (C=O) groups excluding carboxylic acids is 2. The Labute approximate surface area is 91.6 Å². The van der Waals surface area contributed by atoms with Crippen molar-refractivity contribution >= 4 is 11.9 Å². The molecule has 0 amide bonds. The lowest BCUT2D eigenvalue weighted by atomic mass is 10.4. The Morgan fingerprint density at radius 1 is 0.938 bits per heavy atom. The summed E-state index contributed by atoms with van der Waals surface area (Å²) in [5.41, 5.74) is -0.464. The zero-order valence-corrected chi connectivity index (χ0v) is 8.85. The fourth-order valence-corrected chi connectivity index (χ4v) is 1.01. The second-order valence-electron chi connectivity index (χ2n) is 2.98. The molecule has 0 saturated carbocycles. The number of carbonyl (C=O) groups is 2. The third-order valence-corrected chi connectivity index (χ3v) is 1.56. The van der Waals surface area contributed by atoms with Gasteiger partial charge in [-0.2, -0.15) is 0 Å². The maximum absolute atomic E-state index is 11.4. The van der Waals surface area contributed by atoms with E-state index >= 15 is 0 Å². The highest BCUT2D eigenvalue weighted by molar-refractivity contribution is 5.70. The van der Waals surface area contributed by atoms with Crippen molar-refractivity contribution in [1.29, 1.82) is 0 Å². The smallest absolute Gasteiger partial charge is 0.308 e. The quantitative estimate of drug-likeness (QED) is 0.695. The predicted octanol–water partition coefficient (Wildman–Crippen LogP) is 0.897. The highest BCUT2D eigenvalue weighted by Gasteiger charge is 2.03. The number of hydrogen-bond acceptors (Lipinski definition) is 5. The maximum Gasteiger partial charge on any atom is 0.308 e. The first-order valence-corrected chi connectivity index (χ1v) is 4.50. The summed E-state index contributed by atoms with van der Waals surface area (Å²) >= 11 is 0. The van der Waals surface area contributed by atoms with E-state index in [9.17, 15) is 14.4 Å². The van der Waals surface area contributed by atoms with Gasteiger partial charge in [-0.25, -0.2) is 0 Å². The third kappa shape index (κ3) is 3.53. The van der Waals surface area contributed by atoms with E-state index in [4.69, 9.17) is 4.74 Å². The molecule has 0 fully saturated rings. The van der Waals surface area contributed by atoms with Crippen molar-refractivity contribution in [1.82, 2.24) is 0 Å². The Hall–Kier alpha value is -2.17. The van der Waals surface area contributed by atoms with Crippen LogP contribution in [0.15, 0.2) is 29.1 Å². The SMILES string of the molecule is CC(=O)Oc1ccc(OC(C)=O)c(=O)cc1. The number of esters is 2. The Morgan fingerprint density at radius 3 is 2.06 bits per heavy atom. The van der Waals surface area contributed by atoms with Gasteiger partial charge in [0.15, 0.2) is 5.75 Å². The van der Waals surface area contributed by atoms with Gasteiger partial charge in [-0.05, 0) is 24.3 Å². The van der Waals surface area contributed by atoms with Crippen LogP contribution in [0.4, 0.5) is 0 Å². The predicted molar refractivity (Wildman–Crippen MR) is 55.3 cm³/mol.